The molecule has 78 valence electrons. The molecule has 0 saturated carbocycles. The Bertz CT molecular complexity index is 143. The quantitative estimate of drug-likeness (QED) is 0.704. The molecule has 1 heterocycles. The highest BCUT2D eigenvalue weighted by atomic mass is 15.1. The van der Waals surface area contributed by atoms with Crippen LogP contribution >= 0.6 is 0 Å². The molecular formula is C11H24N2. The highest BCUT2D eigenvalue weighted by molar-refractivity contribution is 4.81. The first-order valence-corrected chi connectivity index (χ1v) is 5.61. The molecule has 0 aromatic heterocycles. The summed E-state index contributed by atoms with van der Waals surface area (Å²) in [6, 6.07) is 0. The van der Waals surface area contributed by atoms with E-state index in [0.29, 0.717) is 5.54 Å². The molecule has 0 aliphatic carbocycles. The molecule has 1 fully saturated rings. The first kappa shape index (κ1) is 11.0. The third-order valence-electron chi connectivity index (χ3n) is 2.85. The lowest BCUT2D eigenvalue weighted by molar-refractivity contribution is 0.205. The fourth-order valence-corrected chi connectivity index (χ4v) is 1.91. The molecule has 0 unspecified atom stereocenters. The summed E-state index contributed by atoms with van der Waals surface area (Å²) in [7, 11) is 0. The van der Waals surface area contributed by atoms with Crippen molar-refractivity contribution in [2.75, 3.05) is 26.2 Å². The van der Waals surface area contributed by atoms with Crippen LogP contribution in [0.5, 0.6) is 0 Å². The summed E-state index contributed by atoms with van der Waals surface area (Å²) in [5.41, 5.74) is 0.340. The van der Waals surface area contributed by atoms with Crippen LogP contribution in [0.4, 0.5) is 0 Å². The maximum absolute atomic E-state index is 3.60. The molecule has 0 atom stereocenters. The van der Waals surface area contributed by atoms with Crippen molar-refractivity contribution in [1.82, 2.24) is 10.2 Å². The average Bonchev–Trinajstić information content (AvgIpc) is 2.05. The van der Waals surface area contributed by atoms with Crippen molar-refractivity contribution in [3.63, 3.8) is 0 Å². The number of hydrogen-bond acceptors (Lipinski definition) is 2. The Morgan fingerprint density at radius 3 is 2.77 bits per heavy atom. The predicted molar refractivity (Wildman–Crippen MR) is 58.0 cm³/mol. The number of hydrogen-bond donors (Lipinski definition) is 1. The largest absolute Gasteiger partial charge is 0.312 e. The number of nitrogens with one attached hydrogen (secondary N) is 1. The van der Waals surface area contributed by atoms with Gasteiger partial charge in [-0.15, -0.1) is 0 Å². The van der Waals surface area contributed by atoms with E-state index in [1.807, 2.05) is 0 Å². The van der Waals surface area contributed by atoms with Gasteiger partial charge < -0.3 is 10.2 Å². The normalized spacial score (nSPS) is 25.2. The van der Waals surface area contributed by atoms with Gasteiger partial charge in [-0.25, -0.2) is 0 Å². The second kappa shape index (κ2) is 4.97. The van der Waals surface area contributed by atoms with Gasteiger partial charge in [0.2, 0.25) is 0 Å². The molecule has 1 aliphatic rings. The molecule has 2 nitrogen and oxygen atoms in total. The van der Waals surface area contributed by atoms with Gasteiger partial charge >= 0.3 is 0 Å². The van der Waals surface area contributed by atoms with Crippen LogP contribution in [0, 0.1) is 0 Å². The number of rotatable bonds is 2. The molecule has 0 amide bonds. The summed E-state index contributed by atoms with van der Waals surface area (Å²) in [5, 5.41) is 3.60. The maximum atomic E-state index is 3.60. The molecule has 1 saturated heterocycles. The van der Waals surface area contributed by atoms with Gasteiger partial charge in [-0.1, -0.05) is 6.92 Å². The molecule has 13 heavy (non-hydrogen) atoms. The zero-order chi connectivity index (χ0) is 9.73. The minimum Gasteiger partial charge on any atom is -0.312 e. The maximum Gasteiger partial charge on any atom is 0.0137 e. The van der Waals surface area contributed by atoms with Gasteiger partial charge in [0.1, 0.15) is 0 Å². The fourth-order valence-electron chi connectivity index (χ4n) is 1.91. The van der Waals surface area contributed by atoms with E-state index in [4.69, 9.17) is 0 Å². The van der Waals surface area contributed by atoms with E-state index in [1.54, 1.807) is 0 Å². The standard InChI is InChI=1S/C11H24N2/c1-4-8-13-9-5-7-12-11(2,3)6-10-13/h12H,4-10H2,1-3H3. The Balaban J connectivity index is 2.36. The Hall–Kier alpha value is -0.0800. The van der Waals surface area contributed by atoms with E-state index in [-0.39, 0.29) is 0 Å². The molecule has 0 spiro atoms. The van der Waals surface area contributed by atoms with Crippen LogP contribution in [-0.2, 0) is 0 Å². The molecule has 0 aromatic rings. The van der Waals surface area contributed by atoms with Gasteiger partial charge in [-0.05, 0) is 59.3 Å². The molecule has 0 bridgehead atoms. The van der Waals surface area contributed by atoms with E-state index < -0.39 is 0 Å². The van der Waals surface area contributed by atoms with Crippen molar-refractivity contribution in [3.05, 3.63) is 0 Å². The van der Waals surface area contributed by atoms with Crippen molar-refractivity contribution in [3.8, 4) is 0 Å². The Morgan fingerprint density at radius 1 is 1.31 bits per heavy atom. The van der Waals surface area contributed by atoms with Gasteiger partial charge in [-0.3, -0.25) is 0 Å². The zero-order valence-corrected chi connectivity index (χ0v) is 9.40. The molecule has 1 rings (SSSR count). The average molecular weight is 184 g/mol. The van der Waals surface area contributed by atoms with Gasteiger partial charge in [0.25, 0.3) is 0 Å². The number of nitrogens with zero attached hydrogens (tertiary/aromatic N) is 1. The van der Waals surface area contributed by atoms with Crippen LogP contribution < -0.4 is 5.32 Å². The lowest BCUT2D eigenvalue weighted by Crippen LogP contribution is -2.46. The van der Waals surface area contributed by atoms with E-state index in [9.17, 15) is 0 Å². The van der Waals surface area contributed by atoms with Crippen molar-refractivity contribution in [1.29, 1.82) is 0 Å². The van der Waals surface area contributed by atoms with Crippen LogP contribution in [0.3, 0.4) is 0 Å². The summed E-state index contributed by atoms with van der Waals surface area (Å²) < 4.78 is 0. The fraction of sp³-hybridized carbons (Fsp3) is 1.00. The zero-order valence-electron chi connectivity index (χ0n) is 9.40. The molecular weight excluding hydrogens is 160 g/mol. The third-order valence-corrected chi connectivity index (χ3v) is 2.85. The van der Waals surface area contributed by atoms with Gasteiger partial charge in [-0.2, -0.15) is 0 Å². The lowest BCUT2D eigenvalue weighted by Gasteiger charge is -2.33. The smallest absolute Gasteiger partial charge is 0.0137 e. The molecule has 0 radical (unpaired) electrons. The van der Waals surface area contributed by atoms with E-state index in [2.05, 4.69) is 31.0 Å². The van der Waals surface area contributed by atoms with Gasteiger partial charge in [0.15, 0.2) is 0 Å². The SMILES string of the molecule is CCCN1CCCNC(C)(C)CC1. The third kappa shape index (κ3) is 4.10. The molecule has 2 heteroatoms. The Morgan fingerprint density at radius 2 is 2.08 bits per heavy atom. The Kier molecular flexibility index (Phi) is 4.20. The summed E-state index contributed by atoms with van der Waals surface area (Å²) >= 11 is 0. The first-order valence-electron chi connectivity index (χ1n) is 5.61. The van der Waals surface area contributed by atoms with Crippen molar-refractivity contribution in [2.24, 2.45) is 0 Å². The minimum atomic E-state index is 0.340. The highest BCUT2D eigenvalue weighted by Crippen LogP contribution is 2.12. The highest BCUT2D eigenvalue weighted by Gasteiger charge is 2.20. The van der Waals surface area contributed by atoms with E-state index in [0.717, 1.165) is 0 Å². The van der Waals surface area contributed by atoms with Crippen molar-refractivity contribution < 1.29 is 0 Å². The van der Waals surface area contributed by atoms with Crippen molar-refractivity contribution >= 4 is 0 Å². The van der Waals surface area contributed by atoms with Crippen LogP contribution in [0.25, 0.3) is 0 Å². The summed E-state index contributed by atoms with van der Waals surface area (Å²) in [6.45, 7) is 11.9. The molecule has 0 aromatic carbocycles. The minimum absolute atomic E-state index is 0.340. The van der Waals surface area contributed by atoms with Crippen molar-refractivity contribution in [2.45, 2.75) is 45.6 Å². The van der Waals surface area contributed by atoms with Crippen LogP contribution in [0.15, 0.2) is 0 Å². The van der Waals surface area contributed by atoms with Crippen LogP contribution in [0.2, 0.25) is 0 Å². The Labute approximate surface area is 82.7 Å². The second-order valence-electron chi connectivity index (χ2n) is 4.76. The molecule has 1 N–H and O–H groups in total. The molecule has 1 aliphatic heterocycles. The summed E-state index contributed by atoms with van der Waals surface area (Å²) in [5.74, 6) is 0. The second-order valence-corrected chi connectivity index (χ2v) is 4.76. The summed E-state index contributed by atoms with van der Waals surface area (Å²) in [6.07, 6.45) is 3.85. The van der Waals surface area contributed by atoms with Crippen LogP contribution in [-0.4, -0.2) is 36.6 Å². The van der Waals surface area contributed by atoms with E-state index >= 15 is 0 Å². The summed E-state index contributed by atoms with van der Waals surface area (Å²) in [4.78, 5) is 2.60. The lowest BCUT2D eigenvalue weighted by atomic mass is 9.99. The monoisotopic (exact) mass is 184 g/mol. The van der Waals surface area contributed by atoms with E-state index in [1.165, 1.54) is 45.4 Å². The topological polar surface area (TPSA) is 15.3 Å². The van der Waals surface area contributed by atoms with Gasteiger partial charge in [0, 0.05) is 5.54 Å². The van der Waals surface area contributed by atoms with Crippen LogP contribution in [0.1, 0.15) is 40.0 Å². The van der Waals surface area contributed by atoms with Gasteiger partial charge in [0.05, 0.1) is 0 Å². The first-order chi connectivity index (χ1) is 6.14. The predicted octanol–water partition coefficient (Wildman–Crippen LogP) is 1.86.